The molecule has 0 saturated heterocycles. The molecule has 2 aromatic rings. The summed E-state index contributed by atoms with van der Waals surface area (Å²) in [6.07, 6.45) is 0.637. The first-order valence-corrected chi connectivity index (χ1v) is 6.74. The van der Waals surface area contributed by atoms with Gasteiger partial charge in [-0.2, -0.15) is 0 Å². The van der Waals surface area contributed by atoms with Gasteiger partial charge in [0.05, 0.1) is 12.2 Å². The van der Waals surface area contributed by atoms with Crippen LogP contribution in [0.15, 0.2) is 42.5 Å². The molecule has 0 saturated carbocycles. The molecular formula is C16H15F3N2O. The van der Waals surface area contributed by atoms with Crippen molar-refractivity contribution in [1.29, 1.82) is 0 Å². The lowest BCUT2D eigenvalue weighted by Gasteiger charge is -2.08. The summed E-state index contributed by atoms with van der Waals surface area (Å²) in [7, 11) is 0. The Morgan fingerprint density at radius 2 is 1.64 bits per heavy atom. The van der Waals surface area contributed by atoms with Gasteiger partial charge in [0.1, 0.15) is 17.5 Å². The zero-order valence-electron chi connectivity index (χ0n) is 11.7. The highest BCUT2D eigenvalue weighted by Crippen LogP contribution is 2.14. The van der Waals surface area contributed by atoms with Gasteiger partial charge in [0, 0.05) is 6.07 Å². The van der Waals surface area contributed by atoms with E-state index in [1.807, 2.05) is 0 Å². The van der Waals surface area contributed by atoms with E-state index >= 15 is 0 Å². The Labute approximate surface area is 126 Å². The van der Waals surface area contributed by atoms with Gasteiger partial charge in [0.15, 0.2) is 0 Å². The van der Waals surface area contributed by atoms with Crippen molar-refractivity contribution in [3.8, 4) is 0 Å². The second-order valence-corrected chi connectivity index (χ2v) is 4.73. The van der Waals surface area contributed by atoms with Crippen molar-refractivity contribution in [3.05, 3.63) is 65.5 Å². The lowest BCUT2D eigenvalue weighted by Crippen LogP contribution is -2.29. The second kappa shape index (κ2) is 7.61. The van der Waals surface area contributed by atoms with Crippen LogP contribution in [-0.4, -0.2) is 19.0 Å². The highest BCUT2D eigenvalue weighted by atomic mass is 19.1. The van der Waals surface area contributed by atoms with E-state index in [0.717, 1.165) is 11.6 Å². The number of nitrogens with one attached hydrogen (secondary N) is 2. The highest BCUT2D eigenvalue weighted by Gasteiger charge is 2.07. The molecule has 116 valence electrons. The average molecular weight is 308 g/mol. The molecule has 3 nitrogen and oxygen atoms in total. The largest absolute Gasteiger partial charge is 0.322 e. The van der Waals surface area contributed by atoms with Crippen LogP contribution < -0.4 is 10.6 Å². The highest BCUT2D eigenvalue weighted by molar-refractivity contribution is 5.92. The van der Waals surface area contributed by atoms with Crippen LogP contribution in [0.25, 0.3) is 0 Å². The van der Waals surface area contributed by atoms with Crippen molar-refractivity contribution in [2.45, 2.75) is 6.42 Å². The topological polar surface area (TPSA) is 41.1 Å². The molecule has 0 fully saturated rings. The average Bonchev–Trinajstić information content (AvgIpc) is 2.48. The zero-order chi connectivity index (χ0) is 15.9. The summed E-state index contributed by atoms with van der Waals surface area (Å²) in [6.45, 7) is 0.517. The molecule has 1 amide bonds. The Balaban J connectivity index is 1.72. The molecule has 0 aromatic heterocycles. The molecule has 0 atom stereocenters. The standard InChI is InChI=1S/C16H15F3N2O/c17-12-3-1-11(2-4-12)7-8-20-10-16(22)21-15-6-5-13(18)9-14(15)19/h1-6,9,20H,7-8,10H2,(H,21,22). The van der Waals surface area contributed by atoms with Crippen molar-refractivity contribution >= 4 is 11.6 Å². The molecule has 0 aliphatic carbocycles. The van der Waals surface area contributed by atoms with Crippen LogP contribution in [0, 0.1) is 17.5 Å². The van der Waals surface area contributed by atoms with Crippen LogP contribution in [-0.2, 0) is 11.2 Å². The van der Waals surface area contributed by atoms with Crippen LogP contribution >= 0.6 is 0 Å². The van der Waals surface area contributed by atoms with Gasteiger partial charge in [-0.25, -0.2) is 13.2 Å². The van der Waals surface area contributed by atoms with Crippen LogP contribution in [0.2, 0.25) is 0 Å². The maximum Gasteiger partial charge on any atom is 0.238 e. The predicted molar refractivity (Wildman–Crippen MR) is 78.0 cm³/mol. The third-order valence-corrected chi connectivity index (χ3v) is 2.99. The van der Waals surface area contributed by atoms with Crippen LogP contribution in [0.1, 0.15) is 5.56 Å². The molecule has 22 heavy (non-hydrogen) atoms. The SMILES string of the molecule is O=C(CNCCc1ccc(F)cc1)Nc1ccc(F)cc1F. The van der Waals surface area contributed by atoms with E-state index in [1.165, 1.54) is 18.2 Å². The molecule has 2 aromatic carbocycles. The number of benzene rings is 2. The molecule has 2 rings (SSSR count). The maximum absolute atomic E-state index is 13.3. The lowest BCUT2D eigenvalue weighted by atomic mass is 10.1. The number of amides is 1. The molecular weight excluding hydrogens is 293 g/mol. The molecule has 6 heteroatoms. The number of anilines is 1. The summed E-state index contributed by atoms with van der Waals surface area (Å²) in [5, 5.41) is 5.25. The molecule has 0 unspecified atom stereocenters. The van der Waals surface area contributed by atoms with Crippen molar-refractivity contribution < 1.29 is 18.0 Å². The Hall–Kier alpha value is -2.34. The molecule has 2 N–H and O–H groups in total. The second-order valence-electron chi connectivity index (χ2n) is 4.73. The van der Waals surface area contributed by atoms with E-state index < -0.39 is 17.5 Å². The number of halogens is 3. The van der Waals surface area contributed by atoms with Gasteiger partial charge in [-0.15, -0.1) is 0 Å². The fraction of sp³-hybridized carbons (Fsp3) is 0.188. The van der Waals surface area contributed by atoms with Gasteiger partial charge in [0.25, 0.3) is 0 Å². The van der Waals surface area contributed by atoms with E-state index in [4.69, 9.17) is 0 Å². The minimum absolute atomic E-state index is 0.00197. The number of carbonyl (C=O) groups is 1. The molecule has 0 heterocycles. The van der Waals surface area contributed by atoms with Crippen molar-refractivity contribution in [2.75, 3.05) is 18.4 Å². The normalized spacial score (nSPS) is 10.5. The van der Waals surface area contributed by atoms with Crippen molar-refractivity contribution in [3.63, 3.8) is 0 Å². The third kappa shape index (κ3) is 4.89. The molecule has 0 spiro atoms. The van der Waals surface area contributed by atoms with Gasteiger partial charge in [-0.1, -0.05) is 12.1 Å². The smallest absolute Gasteiger partial charge is 0.238 e. The number of rotatable bonds is 6. The third-order valence-electron chi connectivity index (χ3n) is 2.99. The molecule has 0 radical (unpaired) electrons. The van der Waals surface area contributed by atoms with E-state index in [2.05, 4.69) is 10.6 Å². The van der Waals surface area contributed by atoms with Gasteiger partial charge in [0.2, 0.25) is 5.91 Å². The molecule has 0 bridgehead atoms. The van der Waals surface area contributed by atoms with Crippen molar-refractivity contribution in [2.24, 2.45) is 0 Å². The first kappa shape index (κ1) is 16.0. The quantitative estimate of drug-likeness (QED) is 0.806. The molecule has 0 aliphatic heterocycles. The fourth-order valence-electron chi connectivity index (χ4n) is 1.87. The van der Waals surface area contributed by atoms with Gasteiger partial charge >= 0.3 is 0 Å². The maximum atomic E-state index is 13.3. The van der Waals surface area contributed by atoms with E-state index in [0.29, 0.717) is 19.0 Å². The minimum atomic E-state index is -0.820. The summed E-state index contributed by atoms with van der Waals surface area (Å²) in [5.41, 5.74) is 0.880. The first-order chi connectivity index (χ1) is 10.5. The predicted octanol–water partition coefficient (Wildman–Crippen LogP) is 2.87. The van der Waals surface area contributed by atoms with Crippen molar-refractivity contribution in [1.82, 2.24) is 5.32 Å². The monoisotopic (exact) mass is 308 g/mol. The van der Waals surface area contributed by atoms with Gasteiger partial charge in [-0.3, -0.25) is 4.79 Å². The fourth-order valence-corrected chi connectivity index (χ4v) is 1.87. The Bertz CT molecular complexity index is 644. The Morgan fingerprint density at radius 3 is 2.32 bits per heavy atom. The van der Waals surface area contributed by atoms with Gasteiger partial charge < -0.3 is 10.6 Å². The minimum Gasteiger partial charge on any atom is -0.322 e. The van der Waals surface area contributed by atoms with E-state index in [1.54, 1.807) is 12.1 Å². The first-order valence-electron chi connectivity index (χ1n) is 6.74. The zero-order valence-corrected chi connectivity index (χ0v) is 11.7. The Morgan fingerprint density at radius 1 is 0.955 bits per heavy atom. The summed E-state index contributed by atoms with van der Waals surface area (Å²) < 4.78 is 38.8. The number of carbonyl (C=O) groups excluding carboxylic acids is 1. The van der Waals surface area contributed by atoms with Crippen LogP contribution in [0.5, 0.6) is 0 Å². The number of hydrogen-bond acceptors (Lipinski definition) is 2. The Kier molecular flexibility index (Phi) is 5.55. The van der Waals surface area contributed by atoms with E-state index in [-0.39, 0.29) is 18.0 Å². The number of hydrogen-bond donors (Lipinski definition) is 2. The van der Waals surface area contributed by atoms with Gasteiger partial charge in [-0.05, 0) is 42.8 Å². The summed E-state index contributed by atoms with van der Waals surface area (Å²) in [6, 6.07) is 9.04. The molecule has 0 aliphatic rings. The van der Waals surface area contributed by atoms with Crippen LogP contribution in [0.3, 0.4) is 0 Å². The van der Waals surface area contributed by atoms with Crippen LogP contribution in [0.4, 0.5) is 18.9 Å². The van der Waals surface area contributed by atoms with E-state index in [9.17, 15) is 18.0 Å². The summed E-state index contributed by atoms with van der Waals surface area (Å²) >= 11 is 0. The lowest BCUT2D eigenvalue weighted by molar-refractivity contribution is -0.115. The summed E-state index contributed by atoms with van der Waals surface area (Å²) in [5.74, 6) is -2.24. The summed E-state index contributed by atoms with van der Waals surface area (Å²) in [4.78, 5) is 11.6.